The zero-order valence-electron chi connectivity index (χ0n) is 22.4. The highest BCUT2D eigenvalue weighted by atomic mass is 31.2. The molecular formula is C35H29O4P. The highest BCUT2D eigenvalue weighted by Gasteiger charge is 2.49. The van der Waals surface area contributed by atoms with Gasteiger partial charge >= 0.3 is 0 Å². The maximum absolute atomic E-state index is 16.0. The van der Waals surface area contributed by atoms with Crippen molar-refractivity contribution in [2.45, 2.75) is 5.66 Å². The van der Waals surface area contributed by atoms with E-state index in [0.717, 1.165) is 32.9 Å². The first-order valence-electron chi connectivity index (χ1n) is 13.1. The second-order valence-electron chi connectivity index (χ2n) is 9.55. The maximum Gasteiger partial charge on any atom is 0.158 e. The molecule has 0 bridgehead atoms. The molecule has 5 aromatic carbocycles. The molecule has 198 valence electrons. The summed E-state index contributed by atoms with van der Waals surface area (Å²) in [4.78, 5) is 0. The third kappa shape index (κ3) is 4.41. The summed E-state index contributed by atoms with van der Waals surface area (Å²) in [6, 6.07) is 43.4. The Kier molecular flexibility index (Phi) is 7.02. The van der Waals surface area contributed by atoms with Crippen molar-refractivity contribution < 1.29 is 18.8 Å². The van der Waals surface area contributed by atoms with Gasteiger partial charge in [-0.05, 0) is 11.1 Å². The van der Waals surface area contributed by atoms with Crippen LogP contribution < -0.4 is 24.8 Å². The zero-order chi connectivity index (χ0) is 27.5. The van der Waals surface area contributed by atoms with Crippen LogP contribution in [0.1, 0.15) is 22.3 Å². The zero-order valence-corrected chi connectivity index (χ0v) is 23.3. The average molecular weight is 545 g/mol. The van der Waals surface area contributed by atoms with Crippen molar-refractivity contribution in [3.63, 3.8) is 0 Å². The predicted octanol–water partition coefficient (Wildman–Crippen LogP) is 7.61. The molecular weight excluding hydrogens is 515 g/mol. The molecule has 0 N–H and O–H groups in total. The summed E-state index contributed by atoms with van der Waals surface area (Å²) in [6.07, 6.45) is 0. The summed E-state index contributed by atoms with van der Waals surface area (Å²) in [5.41, 5.74) is 2.93. The number of benzene rings is 5. The van der Waals surface area contributed by atoms with Gasteiger partial charge in [0.1, 0.15) is 28.7 Å². The average Bonchev–Trinajstić information content (AvgIpc) is 3.41. The first-order valence-corrected chi connectivity index (χ1v) is 14.9. The molecule has 1 atom stereocenters. The largest absolute Gasteiger partial charge is 0.496 e. The Bertz CT molecular complexity index is 1610. The molecule has 40 heavy (non-hydrogen) atoms. The van der Waals surface area contributed by atoms with Crippen LogP contribution in [0.4, 0.5) is 0 Å². The van der Waals surface area contributed by atoms with Crippen LogP contribution in [0.15, 0.2) is 139 Å². The van der Waals surface area contributed by atoms with Crippen molar-refractivity contribution >= 4 is 23.3 Å². The quantitative estimate of drug-likeness (QED) is 0.198. The smallest absolute Gasteiger partial charge is 0.158 e. The lowest BCUT2D eigenvalue weighted by Gasteiger charge is -2.28. The van der Waals surface area contributed by atoms with Crippen molar-refractivity contribution in [2.24, 2.45) is 0 Å². The van der Waals surface area contributed by atoms with Crippen LogP contribution in [0.3, 0.4) is 0 Å². The molecule has 1 heterocycles. The minimum atomic E-state index is -3.42. The minimum absolute atomic E-state index is 0.571. The van der Waals surface area contributed by atoms with Gasteiger partial charge in [0.15, 0.2) is 7.14 Å². The van der Waals surface area contributed by atoms with E-state index in [2.05, 4.69) is 24.3 Å². The summed E-state index contributed by atoms with van der Waals surface area (Å²) < 4.78 is 34.3. The Hall–Kier alpha value is -4.53. The van der Waals surface area contributed by atoms with Gasteiger partial charge in [0.2, 0.25) is 0 Å². The van der Waals surface area contributed by atoms with Gasteiger partial charge < -0.3 is 18.8 Å². The van der Waals surface area contributed by atoms with E-state index in [0.29, 0.717) is 23.0 Å². The minimum Gasteiger partial charge on any atom is -0.496 e. The normalized spacial score (nSPS) is 14.2. The van der Waals surface area contributed by atoms with Gasteiger partial charge in [-0.25, -0.2) is 0 Å². The Balaban J connectivity index is 1.76. The van der Waals surface area contributed by atoms with E-state index in [4.69, 9.17) is 14.2 Å². The fourth-order valence-corrected chi connectivity index (χ4v) is 8.72. The van der Waals surface area contributed by atoms with Crippen LogP contribution in [-0.2, 0) is 4.57 Å². The number of hydrogen-bond donors (Lipinski definition) is 0. The molecule has 0 aliphatic carbocycles. The fraction of sp³-hybridized carbons (Fsp3) is 0.0857. The molecule has 5 aromatic rings. The van der Waals surface area contributed by atoms with Crippen molar-refractivity contribution in [2.75, 3.05) is 14.2 Å². The molecule has 1 aliphatic rings. The highest BCUT2D eigenvalue weighted by Crippen LogP contribution is 2.68. The summed E-state index contributed by atoms with van der Waals surface area (Å²) >= 11 is 0. The second-order valence-corrected chi connectivity index (χ2v) is 12.4. The lowest BCUT2D eigenvalue weighted by Crippen LogP contribution is -2.22. The van der Waals surface area contributed by atoms with E-state index in [-0.39, 0.29) is 0 Å². The molecule has 4 nitrogen and oxygen atoms in total. The van der Waals surface area contributed by atoms with Crippen LogP contribution in [0.5, 0.6) is 17.2 Å². The van der Waals surface area contributed by atoms with E-state index in [1.807, 2.05) is 109 Å². The van der Waals surface area contributed by atoms with Gasteiger partial charge in [-0.15, -0.1) is 0 Å². The number of rotatable bonds is 7. The van der Waals surface area contributed by atoms with E-state index < -0.39 is 12.8 Å². The molecule has 0 fully saturated rings. The number of ether oxygens (including phenoxy) is 3. The van der Waals surface area contributed by atoms with Gasteiger partial charge in [-0.2, -0.15) is 0 Å². The molecule has 0 spiro atoms. The standard InChI is InChI=1S/C35H29O4P/c1-37-27-23-30(38-2)33-31(24-27)39-34(32(25-15-7-3-8-16-25)26-17-9-4-10-18-26)35(33)40(36,28-19-11-5-12-20-28)29-21-13-6-14-22-29/h3-24,35H,1-2H3. The van der Waals surface area contributed by atoms with Crippen molar-refractivity contribution in [1.29, 1.82) is 0 Å². The van der Waals surface area contributed by atoms with Crippen LogP contribution in [-0.4, -0.2) is 14.2 Å². The summed E-state index contributed by atoms with van der Waals surface area (Å²) in [5.74, 6) is 2.37. The van der Waals surface area contributed by atoms with Crippen LogP contribution in [0, 0.1) is 0 Å². The van der Waals surface area contributed by atoms with Crippen molar-refractivity contribution in [3.8, 4) is 17.2 Å². The third-order valence-corrected chi connectivity index (χ3v) is 10.6. The van der Waals surface area contributed by atoms with E-state index in [1.54, 1.807) is 14.2 Å². The van der Waals surface area contributed by atoms with Gasteiger partial charge in [-0.3, -0.25) is 0 Å². The second kappa shape index (κ2) is 10.9. The van der Waals surface area contributed by atoms with Gasteiger partial charge in [0.25, 0.3) is 0 Å². The van der Waals surface area contributed by atoms with Crippen molar-refractivity contribution in [1.82, 2.24) is 0 Å². The fourth-order valence-electron chi connectivity index (χ4n) is 5.46. The van der Waals surface area contributed by atoms with E-state index in [1.165, 1.54) is 0 Å². The van der Waals surface area contributed by atoms with Gasteiger partial charge in [-0.1, -0.05) is 121 Å². The predicted molar refractivity (Wildman–Crippen MR) is 162 cm³/mol. The summed E-state index contributed by atoms with van der Waals surface area (Å²) in [7, 11) is -0.185. The maximum atomic E-state index is 16.0. The van der Waals surface area contributed by atoms with Crippen molar-refractivity contribution in [3.05, 3.63) is 156 Å². The van der Waals surface area contributed by atoms with Crippen LogP contribution >= 0.6 is 7.14 Å². The Morgan fingerprint density at radius 3 is 1.57 bits per heavy atom. The molecule has 5 heteroatoms. The Morgan fingerprint density at radius 1 is 0.650 bits per heavy atom. The first-order chi connectivity index (χ1) is 19.6. The molecule has 0 saturated carbocycles. The Morgan fingerprint density at radius 2 is 1.12 bits per heavy atom. The SMILES string of the molecule is COc1cc(OC)c2c(c1)OC(=C(c1ccccc1)c1ccccc1)C2P(=O)(c1ccccc1)c1ccccc1. The third-order valence-electron chi connectivity index (χ3n) is 7.29. The molecule has 0 saturated heterocycles. The molecule has 1 unspecified atom stereocenters. The lowest BCUT2D eigenvalue weighted by atomic mass is 9.95. The summed E-state index contributed by atoms with van der Waals surface area (Å²) in [6.45, 7) is 0. The topological polar surface area (TPSA) is 44.8 Å². The number of allylic oxidation sites excluding steroid dienone is 1. The van der Waals surface area contributed by atoms with Crippen LogP contribution in [0.2, 0.25) is 0 Å². The number of methoxy groups -OCH3 is 2. The Labute approximate surface area is 234 Å². The molecule has 0 radical (unpaired) electrons. The number of fused-ring (bicyclic) bond motifs is 1. The molecule has 6 rings (SSSR count). The van der Waals surface area contributed by atoms with E-state index >= 15 is 4.57 Å². The van der Waals surface area contributed by atoms with E-state index in [9.17, 15) is 0 Å². The molecule has 0 aromatic heterocycles. The first kappa shape index (κ1) is 25.7. The van der Waals surface area contributed by atoms with Gasteiger partial charge in [0.05, 0.1) is 19.8 Å². The molecule has 1 aliphatic heterocycles. The van der Waals surface area contributed by atoms with Crippen LogP contribution in [0.25, 0.3) is 5.57 Å². The highest BCUT2D eigenvalue weighted by molar-refractivity contribution is 7.79. The number of hydrogen-bond acceptors (Lipinski definition) is 4. The van der Waals surface area contributed by atoms with Gasteiger partial charge in [0, 0.05) is 28.3 Å². The summed E-state index contributed by atoms with van der Waals surface area (Å²) in [5, 5.41) is 1.50. The monoisotopic (exact) mass is 544 g/mol. The lowest BCUT2D eigenvalue weighted by molar-refractivity contribution is 0.387. The molecule has 0 amide bonds.